The molecule has 0 aliphatic heterocycles. The van der Waals surface area contributed by atoms with Gasteiger partial charge in [-0.05, 0) is 48.5 Å². The molecular weight excluding hydrogens is 381 g/mol. The fraction of sp³-hybridized carbons (Fsp3) is 0. The third-order valence-electron chi connectivity index (χ3n) is 3.96. The lowest BCUT2D eigenvalue weighted by molar-refractivity contribution is 0.570. The average Bonchev–Trinajstić information content (AvgIpc) is 3.19. The van der Waals surface area contributed by atoms with Crippen LogP contribution in [0, 0.1) is 5.82 Å². The van der Waals surface area contributed by atoms with Crippen LogP contribution in [0.1, 0.15) is 0 Å². The van der Waals surface area contributed by atoms with Gasteiger partial charge in [0.2, 0.25) is 11.8 Å². The lowest BCUT2D eigenvalue weighted by atomic mass is 10.2. The molecule has 0 fully saturated rings. The summed E-state index contributed by atoms with van der Waals surface area (Å²) in [6, 6.07) is 20.9. The molecule has 8 heteroatoms. The fourth-order valence-corrected chi connectivity index (χ4v) is 3.73. The van der Waals surface area contributed by atoms with E-state index in [4.69, 9.17) is 4.42 Å². The molecule has 1 heterocycles. The second kappa shape index (κ2) is 7.24. The third kappa shape index (κ3) is 3.63. The fourth-order valence-electron chi connectivity index (χ4n) is 2.59. The Kier molecular flexibility index (Phi) is 4.62. The second-order valence-corrected chi connectivity index (χ2v) is 7.54. The zero-order valence-electron chi connectivity index (χ0n) is 14.4. The van der Waals surface area contributed by atoms with Crippen LogP contribution in [0.4, 0.5) is 10.1 Å². The Labute approximate surface area is 160 Å². The maximum absolute atomic E-state index is 13.8. The summed E-state index contributed by atoms with van der Waals surface area (Å²) < 4.78 is 46.5. The molecule has 0 spiro atoms. The van der Waals surface area contributed by atoms with Gasteiger partial charge < -0.3 is 4.42 Å². The van der Waals surface area contributed by atoms with E-state index in [0.29, 0.717) is 17.3 Å². The van der Waals surface area contributed by atoms with Crippen molar-refractivity contribution in [3.05, 3.63) is 84.7 Å². The molecule has 0 saturated heterocycles. The normalized spacial score (nSPS) is 11.3. The molecule has 0 bridgehead atoms. The highest BCUT2D eigenvalue weighted by molar-refractivity contribution is 7.92. The highest BCUT2D eigenvalue weighted by Gasteiger charge is 2.18. The monoisotopic (exact) mass is 395 g/mol. The van der Waals surface area contributed by atoms with Crippen LogP contribution in [0.2, 0.25) is 0 Å². The van der Waals surface area contributed by atoms with Crippen molar-refractivity contribution in [1.82, 2.24) is 10.2 Å². The summed E-state index contributed by atoms with van der Waals surface area (Å²) in [7, 11) is -4.03. The number of hydrogen-bond donors (Lipinski definition) is 1. The van der Waals surface area contributed by atoms with E-state index in [9.17, 15) is 12.8 Å². The first-order chi connectivity index (χ1) is 13.5. The number of benzene rings is 3. The Hall–Kier alpha value is -3.52. The number of hydrogen-bond acceptors (Lipinski definition) is 5. The number of halogens is 1. The average molecular weight is 395 g/mol. The number of sulfonamides is 1. The van der Waals surface area contributed by atoms with Crippen molar-refractivity contribution in [2.75, 3.05) is 4.72 Å². The molecule has 4 rings (SSSR count). The zero-order chi connectivity index (χ0) is 19.6. The minimum atomic E-state index is -4.03. The highest BCUT2D eigenvalue weighted by Crippen LogP contribution is 2.25. The van der Waals surface area contributed by atoms with Gasteiger partial charge in [0.15, 0.2) is 0 Å². The van der Waals surface area contributed by atoms with Crippen LogP contribution in [-0.4, -0.2) is 18.6 Å². The molecule has 28 heavy (non-hydrogen) atoms. The number of rotatable bonds is 5. The van der Waals surface area contributed by atoms with Crippen LogP contribution < -0.4 is 4.72 Å². The Morgan fingerprint density at radius 2 is 1.32 bits per heavy atom. The van der Waals surface area contributed by atoms with Gasteiger partial charge >= 0.3 is 0 Å². The summed E-state index contributed by atoms with van der Waals surface area (Å²) >= 11 is 0. The molecule has 0 aliphatic carbocycles. The number of nitrogens with zero attached hydrogens (tertiary/aromatic N) is 2. The number of nitrogens with one attached hydrogen (secondary N) is 1. The molecule has 0 unspecified atom stereocenters. The van der Waals surface area contributed by atoms with Crippen LogP contribution >= 0.6 is 0 Å². The van der Waals surface area contributed by atoms with Gasteiger partial charge in [-0.15, -0.1) is 10.2 Å². The van der Waals surface area contributed by atoms with E-state index in [0.717, 1.165) is 11.6 Å². The lowest BCUT2D eigenvalue weighted by Crippen LogP contribution is -2.14. The summed E-state index contributed by atoms with van der Waals surface area (Å²) in [6.45, 7) is 0. The van der Waals surface area contributed by atoms with Crippen molar-refractivity contribution in [2.45, 2.75) is 4.90 Å². The van der Waals surface area contributed by atoms with Gasteiger partial charge in [0, 0.05) is 16.8 Å². The van der Waals surface area contributed by atoms with E-state index < -0.39 is 20.7 Å². The molecule has 0 saturated carbocycles. The molecule has 0 amide bonds. The molecule has 0 radical (unpaired) electrons. The SMILES string of the molecule is O=S(=O)(Nc1ccc(-c2nnc(-c3ccccc3)o2)cc1)c1ccccc1F. The minimum Gasteiger partial charge on any atom is -0.416 e. The Bertz CT molecular complexity index is 1210. The Balaban J connectivity index is 1.55. The van der Waals surface area contributed by atoms with Crippen LogP contribution in [0.25, 0.3) is 22.9 Å². The summed E-state index contributed by atoms with van der Waals surface area (Å²) in [5, 5.41) is 8.05. The van der Waals surface area contributed by atoms with Gasteiger partial charge in [-0.25, -0.2) is 12.8 Å². The predicted octanol–water partition coefficient (Wildman–Crippen LogP) is 4.34. The molecular formula is C20H14FN3O3S. The first-order valence-electron chi connectivity index (χ1n) is 8.30. The molecule has 1 N–H and O–H groups in total. The van der Waals surface area contributed by atoms with Crippen molar-refractivity contribution >= 4 is 15.7 Å². The Morgan fingerprint density at radius 3 is 1.96 bits per heavy atom. The van der Waals surface area contributed by atoms with Gasteiger partial charge in [-0.3, -0.25) is 4.72 Å². The largest absolute Gasteiger partial charge is 0.416 e. The number of aromatic nitrogens is 2. The zero-order valence-corrected chi connectivity index (χ0v) is 15.2. The molecule has 3 aromatic carbocycles. The molecule has 0 atom stereocenters. The first-order valence-corrected chi connectivity index (χ1v) is 9.78. The van der Waals surface area contributed by atoms with Crippen molar-refractivity contribution in [1.29, 1.82) is 0 Å². The minimum absolute atomic E-state index is 0.287. The lowest BCUT2D eigenvalue weighted by Gasteiger charge is -2.09. The topological polar surface area (TPSA) is 85.1 Å². The first kappa shape index (κ1) is 17.9. The molecule has 1 aromatic heterocycles. The van der Waals surface area contributed by atoms with Crippen LogP contribution in [-0.2, 0) is 10.0 Å². The van der Waals surface area contributed by atoms with Gasteiger partial charge in [-0.1, -0.05) is 30.3 Å². The Morgan fingerprint density at radius 1 is 0.750 bits per heavy atom. The third-order valence-corrected chi connectivity index (χ3v) is 5.37. The van der Waals surface area contributed by atoms with Gasteiger partial charge in [0.05, 0.1) is 0 Å². The van der Waals surface area contributed by atoms with E-state index in [1.165, 1.54) is 18.2 Å². The van der Waals surface area contributed by atoms with Crippen LogP contribution in [0.15, 0.2) is 88.2 Å². The van der Waals surface area contributed by atoms with Gasteiger partial charge in [0.25, 0.3) is 10.0 Å². The van der Waals surface area contributed by atoms with E-state index in [1.807, 2.05) is 30.3 Å². The summed E-state index contributed by atoms with van der Waals surface area (Å²) in [6.07, 6.45) is 0. The molecule has 140 valence electrons. The highest BCUT2D eigenvalue weighted by atomic mass is 32.2. The van der Waals surface area contributed by atoms with Crippen molar-refractivity contribution in [2.24, 2.45) is 0 Å². The van der Waals surface area contributed by atoms with Gasteiger partial charge in [0.1, 0.15) is 10.7 Å². The predicted molar refractivity (Wildman–Crippen MR) is 102 cm³/mol. The summed E-state index contributed by atoms with van der Waals surface area (Å²) in [5.74, 6) is -0.117. The van der Waals surface area contributed by atoms with Crippen molar-refractivity contribution in [3.63, 3.8) is 0 Å². The standard InChI is InChI=1S/C20H14FN3O3S/c21-17-8-4-5-9-18(17)28(25,26)24-16-12-10-15(11-13-16)20-23-22-19(27-20)14-6-2-1-3-7-14/h1-13,24H. The quantitative estimate of drug-likeness (QED) is 0.543. The second-order valence-electron chi connectivity index (χ2n) is 5.89. The van der Waals surface area contributed by atoms with Gasteiger partial charge in [-0.2, -0.15) is 0 Å². The van der Waals surface area contributed by atoms with E-state index in [-0.39, 0.29) is 5.69 Å². The van der Waals surface area contributed by atoms with Crippen LogP contribution in [0.5, 0.6) is 0 Å². The van der Waals surface area contributed by atoms with E-state index in [2.05, 4.69) is 14.9 Å². The van der Waals surface area contributed by atoms with Crippen molar-refractivity contribution < 1.29 is 17.2 Å². The van der Waals surface area contributed by atoms with Crippen molar-refractivity contribution in [3.8, 4) is 22.9 Å². The summed E-state index contributed by atoms with van der Waals surface area (Å²) in [4.78, 5) is -0.413. The van der Waals surface area contributed by atoms with Crippen LogP contribution in [0.3, 0.4) is 0 Å². The number of anilines is 1. The van der Waals surface area contributed by atoms with E-state index >= 15 is 0 Å². The molecule has 0 aliphatic rings. The summed E-state index contributed by atoms with van der Waals surface area (Å²) in [5.41, 5.74) is 1.72. The molecule has 6 nitrogen and oxygen atoms in total. The smallest absolute Gasteiger partial charge is 0.264 e. The maximum Gasteiger partial charge on any atom is 0.264 e. The maximum atomic E-state index is 13.8. The molecule has 4 aromatic rings. The van der Waals surface area contributed by atoms with E-state index in [1.54, 1.807) is 24.3 Å².